The van der Waals surface area contributed by atoms with E-state index in [1.807, 2.05) is 0 Å². The molecule has 4 heteroatoms. The van der Waals surface area contributed by atoms with Crippen molar-refractivity contribution in [1.29, 1.82) is 5.41 Å². The van der Waals surface area contributed by atoms with Gasteiger partial charge in [0.15, 0.2) is 0 Å². The van der Waals surface area contributed by atoms with Crippen LogP contribution < -0.4 is 0 Å². The molecule has 0 unspecified atom stereocenters. The minimum atomic E-state index is -0.725. The lowest BCUT2D eigenvalue weighted by Gasteiger charge is -2.20. The molecule has 4 nitrogen and oxygen atoms in total. The third kappa shape index (κ3) is 2.30. The molecular weight excluding hydrogens is 156 g/mol. The lowest BCUT2D eigenvalue weighted by atomic mass is 10.0. The summed E-state index contributed by atoms with van der Waals surface area (Å²) in [5.41, 5.74) is -0.725. The molecule has 0 radical (unpaired) electrons. The van der Waals surface area contributed by atoms with Crippen molar-refractivity contribution in [3.05, 3.63) is 0 Å². The lowest BCUT2D eigenvalue weighted by Crippen LogP contribution is -2.31. The van der Waals surface area contributed by atoms with Crippen LogP contribution in [0.3, 0.4) is 0 Å². The summed E-state index contributed by atoms with van der Waals surface area (Å²) in [5.74, 6) is 0. The average Bonchev–Trinajstić information content (AvgIpc) is 2.49. The largest absolute Gasteiger partial charge is 0.461 e. The van der Waals surface area contributed by atoms with Gasteiger partial charge in [-0.3, -0.25) is 0 Å². The van der Waals surface area contributed by atoms with Crippen LogP contribution in [-0.2, 0) is 4.74 Å². The number of hydrogen-bond donors (Lipinski definition) is 2. The Hall–Kier alpha value is -0.900. The van der Waals surface area contributed by atoms with Crippen LogP contribution in [0.15, 0.2) is 4.99 Å². The highest BCUT2D eigenvalue weighted by atomic mass is 16.5. The maximum atomic E-state index is 9.75. The maximum absolute atomic E-state index is 9.75. The van der Waals surface area contributed by atoms with Crippen LogP contribution in [0.5, 0.6) is 0 Å². The number of nitrogens with zero attached hydrogens (tertiary/aromatic N) is 1. The molecule has 0 aliphatic heterocycles. The quantitative estimate of drug-likeness (QED) is 0.478. The van der Waals surface area contributed by atoms with Gasteiger partial charge in [0.05, 0.1) is 5.60 Å². The van der Waals surface area contributed by atoms with E-state index < -0.39 is 5.60 Å². The van der Waals surface area contributed by atoms with Crippen molar-refractivity contribution in [2.24, 2.45) is 4.99 Å². The standard InChI is InChI=1S/C8H14N2O2/c1-10-7(9)12-6-8(11)4-2-3-5-8/h9,11H,1-6H2. The molecule has 0 aromatic heterocycles. The van der Waals surface area contributed by atoms with E-state index in [1.165, 1.54) is 0 Å². The number of aliphatic imine (C=N–C) groups is 1. The van der Waals surface area contributed by atoms with Crippen LogP contribution in [0.4, 0.5) is 0 Å². The molecule has 0 spiro atoms. The Kier molecular flexibility index (Phi) is 2.81. The van der Waals surface area contributed by atoms with Crippen LogP contribution >= 0.6 is 0 Å². The minimum Gasteiger partial charge on any atom is -0.461 e. The van der Waals surface area contributed by atoms with E-state index in [2.05, 4.69) is 11.7 Å². The fourth-order valence-electron chi connectivity index (χ4n) is 1.43. The van der Waals surface area contributed by atoms with E-state index in [-0.39, 0.29) is 12.6 Å². The third-order valence-electron chi connectivity index (χ3n) is 2.16. The predicted octanol–water partition coefficient (Wildman–Crippen LogP) is 0.943. The number of aliphatic hydroxyl groups is 1. The van der Waals surface area contributed by atoms with Crippen molar-refractivity contribution in [3.8, 4) is 0 Å². The van der Waals surface area contributed by atoms with Crippen molar-refractivity contribution in [3.63, 3.8) is 0 Å². The van der Waals surface area contributed by atoms with Crippen molar-refractivity contribution in [2.75, 3.05) is 6.61 Å². The van der Waals surface area contributed by atoms with E-state index in [1.54, 1.807) is 0 Å². The zero-order valence-corrected chi connectivity index (χ0v) is 7.05. The highest BCUT2D eigenvalue weighted by Gasteiger charge is 2.32. The first-order valence-corrected chi connectivity index (χ1v) is 4.07. The Labute approximate surface area is 71.8 Å². The molecule has 1 aliphatic carbocycles. The van der Waals surface area contributed by atoms with E-state index in [0.717, 1.165) is 25.7 Å². The molecule has 1 saturated carbocycles. The van der Waals surface area contributed by atoms with E-state index in [4.69, 9.17) is 10.1 Å². The molecule has 0 bridgehead atoms. The highest BCUT2D eigenvalue weighted by molar-refractivity contribution is 5.75. The summed E-state index contributed by atoms with van der Waals surface area (Å²) in [6.45, 7) is 3.32. The molecule has 0 aromatic carbocycles. The highest BCUT2D eigenvalue weighted by Crippen LogP contribution is 2.29. The molecule has 1 rings (SSSR count). The Bertz CT molecular complexity index is 185. The summed E-state index contributed by atoms with van der Waals surface area (Å²) in [7, 11) is 0. The van der Waals surface area contributed by atoms with Crippen molar-refractivity contribution >= 4 is 12.7 Å². The molecule has 0 amide bonds. The number of ether oxygens (including phenoxy) is 1. The van der Waals surface area contributed by atoms with Gasteiger partial charge < -0.3 is 9.84 Å². The van der Waals surface area contributed by atoms with Gasteiger partial charge in [0.2, 0.25) is 0 Å². The van der Waals surface area contributed by atoms with Crippen LogP contribution in [0.2, 0.25) is 0 Å². The molecule has 0 aromatic rings. The monoisotopic (exact) mass is 170 g/mol. The normalized spacial score (nSPS) is 20.4. The first-order valence-electron chi connectivity index (χ1n) is 4.07. The molecule has 0 atom stereocenters. The molecule has 2 N–H and O–H groups in total. The van der Waals surface area contributed by atoms with E-state index in [0.29, 0.717) is 0 Å². The first kappa shape index (κ1) is 9.19. The van der Waals surface area contributed by atoms with Gasteiger partial charge in [0.25, 0.3) is 0 Å². The van der Waals surface area contributed by atoms with Gasteiger partial charge in [-0.15, -0.1) is 0 Å². The minimum absolute atomic E-state index is 0.171. The second-order valence-corrected chi connectivity index (χ2v) is 3.18. The predicted molar refractivity (Wildman–Crippen MR) is 46.6 cm³/mol. The van der Waals surface area contributed by atoms with Crippen molar-refractivity contribution in [1.82, 2.24) is 0 Å². The third-order valence-corrected chi connectivity index (χ3v) is 2.16. The fraction of sp³-hybridized carbons (Fsp3) is 0.750. The molecule has 0 saturated heterocycles. The van der Waals surface area contributed by atoms with Gasteiger partial charge in [-0.25, -0.2) is 10.4 Å². The number of amidine groups is 1. The average molecular weight is 170 g/mol. The molecule has 1 aliphatic rings. The Balaban J connectivity index is 2.30. The summed E-state index contributed by atoms with van der Waals surface area (Å²) in [5, 5.41) is 16.8. The first-order chi connectivity index (χ1) is 5.66. The Morgan fingerprint density at radius 2 is 2.17 bits per heavy atom. The summed E-state index contributed by atoms with van der Waals surface area (Å²) >= 11 is 0. The van der Waals surface area contributed by atoms with Gasteiger partial charge in [0, 0.05) is 0 Å². The molecular formula is C8H14N2O2. The lowest BCUT2D eigenvalue weighted by molar-refractivity contribution is -0.00368. The fourth-order valence-corrected chi connectivity index (χ4v) is 1.43. The van der Waals surface area contributed by atoms with E-state index in [9.17, 15) is 5.11 Å². The van der Waals surface area contributed by atoms with Gasteiger partial charge in [-0.1, -0.05) is 12.8 Å². The molecule has 12 heavy (non-hydrogen) atoms. The zero-order chi connectivity index (χ0) is 9.03. The van der Waals surface area contributed by atoms with Crippen molar-refractivity contribution in [2.45, 2.75) is 31.3 Å². The molecule has 68 valence electrons. The van der Waals surface area contributed by atoms with Crippen LogP contribution in [0.1, 0.15) is 25.7 Å². The topological polar surface area (TPSA) is 65.7 Å². The number of nitrogens with one attached hydrogen (secondary N) is 1. The Morgan fingerprint density at radius 1 is 1.58 bits per heavy atom. The summed E-state index contributed by atoms with van der Waals surface area (Å²) in [4.78, 5) is 3.28. The maximum Gasteiger partial charge on any atom is 0.308 e. The van der Waals surface area contributed by atoms with Crippen LogP contribution in [0, 0.1) is 5.41 Å². The van der Waals surface area contributed by atoms with Gasteiger partial charge in [-0.2, -0.15) is 0 Å². The number of hydrogen-bond acceptors (Lipinski definition) is 3. The van der Waals surface area contributed by atoms with Crippen molar-refractivity contribution < 1.29 is 9.84 Å². The summed E-state index contributed by atoms with van der Waals surface area (Å²) in [6, 6.07) is -0.213. The second kappa shape index (κ2) is 3.67. The van der Waals surface area contributed by atoms with Crippen LogP contribution in [0.25, 0.3) is 0 Å². The summed E-state index contributed by atoms with van der Waals surface area (Å²) in [6.07, 6.45) is 3.60. The second-order valence-electron chi connectivity index (χ2n) is 3.18. The zero-order valence-electron chi connectivity index (χ0n) is 7.05. The number of rotatable bonds is 2. The van der Waals surface area contributed by atoms with E-state index >= 15 is 0 Å². The van der Waals surface area contributed by atoms with Crippen LogP contribution in [-0.4, -0.2) is 30.1 Å². The smallest absolute Gasteiger partial charge is 0.308 e. The SMILES string of the molecule is C=NC(=N)OCC1(O)CCCC1. The van der Waals surface area contributed by atoms with Gasteiger partial charge in [-0.05, 0) is 19.6 Å². The van der Waals surface area contributed by atoms with Gasteiger partial charge in [0.1, 0.15) is 6.61 Å². The summed E-state index contributed by atoms with van der Waals surface area (Å²) < 4.78 is 4.88. The Morgan fingerprint density at radius 3 is 2.67 bits per heavy atom. The van der Waals surface area contributed by atoms with Gasteiger partial charge >= 0.3 is 6.02 Å². The molecule has 1 fully saturated rings. The molecule has 0 heterocycles.